The summed E-state index contributed by atoms with van der Waals surface area (Å²) in [5, 5.41) is 8.11. The van der Waals surface area contributed by atoms with Crippen molar-refractivity contribution in [1.29, 1.82) is 0 Å². The van der Waals surface area contributed by atoms with Gasteiger partial charge in [-0.05, 0) is 12.1 Å². The van der Waals surface area contributed by atoms with Crippen LogP contribution in [0.4, 0.5) is 13.2 Å². The molecule has 0 aliphatic heterocycles. The zero-order chi connectivity index (χ0) is 13.6. The third-order valence-corrected chi connectivity index (χ3v) is 4.45. The van der Waals surface area contributed by atoms with E-state index in [0.29, 0.717) is 17.4 Å². The van der Waals surface area contributed by atoms with E-state index in [1.54, 1.807) is 0 Å². The first kappa shape index (κ1) is 13.1. The number of alkyl halides is 3. The Bertz CT molecular complexity index is 672. The molecule has 98 valence electrons. The van der Waals surface area contributed by atoms with Crippen molar-refractivity contribution in [2.24, 2.45) is 5.14 Å². The van der Waals surface area contributed by atoms with Gasteiger partial charge < -0.3 is 4.52 Å². The number of hydrogen-bond acceptors (Lipinski definition) is 5. The van der Waals surface area contributed by atoms with Gasteiger partial charge in [-0.2, -0.15) is 13.2 Å². The second-order valence-corrected chi connectivity index (χ2v) is 6.11. The molecule has 0 aliphatic carbocycles. The maximum Gasteiger partial charge on any atom is 0.452 e. The Kier molecular flexibility index (Phi) is 2.95. The Labute approximate surface area is 103 Å². The third-order valence-electron chi connectivity index (χ3n) is 1.90. The lowest BCUT2D eigenvalue weighted by Crippen LogP contribution is -2.09. The number of hydrogen-bond donors (Lipinski definition) is 1. The van der Waals surface area contributed by atoms with Crippen molar-refractivity contribution in [2.75, 3.05) is 0 Å². The average molecular weight is 298 g/mol. The van der Waals surface area contributed by atoms with Crippen molar-refractivity contribution in [3.8, 4) is 10.6 Å². The van der Waals surface area contributed by atoms with E-state index < -0.39 is 22.0 Å². The number of primary sulfonamides is 1. The zero-order valence-electron chi connectivity index (χ0n) is 8.43. The number of thiophene rings is 1. The van der Waals surface area contributed by atoms with Gasteiger partial charge in [0.1, 0.15) is 9.90 Å². The van der Waals surface area contributed by atoms with Crippen LogP contribution < -0.4 is 5.14 Å². The lowest BCUT2D eigenvalue weighted by molar-refractivity contribution is -0.155. The first-order valence-corrected chi connectivity index (χ1v) is 6.71. The van der Waals surface area contributed by atoms with Crippen LogP contribution in [-0.2, 0) is 16.2 Å². The molecule has 2 aromatic rings. The average Bonchev–Trinajstić information content (AvgIpc) is 2.84. The molecule has 0 unspecified atom stereocenters. The molecule has 2 heterocycles. The van der Waals surface area contributed by atoms with Crippen LogP contribution in [-0.4, -0.2) is 13.6 Å². The summed E-state index contributed by atoms with van der Waals surface area (Å²) in [4.78, 5) is 0.221. The van der Waals surface area contributed by atoms with Gasteiger partial charge in [-0.3, -0.25) is 0 Å². The first-order chi connectivity index (χ1) is 8.18. The molecule has 0 atom stereocenters. The monoisotopic (exact) mass is 298 g/mol. The van der Waals surface area contributed by atoms with Gasteiger partial charge in [-0.25, -0.2) is 13.6 Å². The van der Waals surface area contributed by atoms with Crippen LogP contribution in [0, 0.1) is 0 Å². The second-order valence-electron chi connectivity index (χ2n) is 3.24. The normalized spacial score (nSPS) is 12.9. The molecular formula is C8H5F3N2O3S2. The summed E-state index contributed by atoms with van der Waals surface area (Å²) in [6.07, 6.45) is -4.63. The minimum absolute atomic E-state index is 0.0952. The van der Waals surface area contributed by atoms with Crippen molar-refractivity contribution in [3.63, 3.8) is 0 Å². The van der Waals surface area contributed by atoms with Crippen molar-refractivity contribution in [1.82, 2.24) is 5.16 Å². The van der Waals surface area contributed by atoms with Gasteiger partial charge in [0.2, 0.25) is 15.8 Å². The molecular weight excluding hydrogens is 293 g/mol. The van der Waals surface area contributed by atoms with Crippen molar-refractivity contribution < 1.29 is 26.1 Å². The van der Waals surface area contributed by atoms with Crippen molar-refractivity contribution in [3.05, 3.63) is 24.0 Å². The van der Waals surface area contributed by atoms with E-state index in [1.807, 2.05) is 0 Å². The predicted molar refractivity (Wildman–Crippen MR) is 56.2 cm³/mol. The molecule has 10 heteroatoms. The smallest absolute Gasteiger partial charge is 0.351 e. The standard InChI is InChI=1S/C8H5F3N2O3S2/c9-8(10,11)6-3-4(13-16-6)5-1-2-7(17-5)18(12,14)15/h1-3H,(H2,12,14,15). The van der Waals surface area contributed by atoms with E-state index in [0.717, 1.165) is 0 Å². The highest BCUT2D eigenvalue weighted by Gasteiger charge is 2.36. The number of nitrogens with two attached hydrogens (primary N) is 1. The summed E-state index contributed by atoms with van der Waals surface area (Å²) in [5.41, 5.74) is -0.0952. The quantitative estimate of drug-likeness (QED) is 0.919. The second kappa shape index (κ2) is 4.07. The molecule has 0 bridgehead atoms. The topological polar surface area (TPSA) is 86.2 Å². The molecule has 0 fully saturated rings. The van der Waals surface area contributed by atoms with Gasteiger partial charge >= 0.3 is 6.18 Å². The Hall–Kier alpha value is -1.39. The SMILES string of the molecule is NS(=O)(=O)c1ccc(-c2cc(C(F)(F)F)on2)s1. The maximum absolute atomic E-state index is 12.3. The highest BCUT2D eigenvalue weighted by atomic mass is 32.2. The van der Waals surface area contributed by atoms with Crippen LogP contribution in [0.25, 0.3) is 10.6 Å². The predicted octanol–water partition coefficient (Wildman–Crippen LogP) is 2.07. The highest BCUT2D eigenvalue weighted by molar-refractivity contribution is 7.91. The van der Waals surface area contributed by atoms with E-state index in [-0.39, 0.29) is 14.8 Å². The van der Waals surface area contributed by atoms with E-state index in [1.165, 1.54) is 12.1 Å². The van der Waals surface area contributed by atoms with Crippen molar-refractivity contribution >= 4 is 21.4 Å². The Morgan fingerprint density at radius 2 is 2.00 bits per heavy atom. The summed E-state index contributed by atoms with van der Waals surface area (Å²) in [7, 11) is -3.87. The Morgan fingerprint density at radius 3 is 2.44 bits per heavy atom. The summed E-state index contributed by atoms with van der Waals surface area (Å²) in [6, 6.07) is 3.19. The van der Waals surface area contributed by atoms with E-state index in [9.17, 15) is 21.6 Å². The van der Waals surface area contributed by atoms with Gasteiger partial charge in [0, 0.05) is 6.07 Å². The van der Waals surface area contributed by atoms with Crippen LogP contribution in [0.2, 0.25) is 0 Å². The molecule has 0 radical (unpaired) electrons. The van der Waals surface area contributed by atoms with Gasteiger partial charge in [0.25, 0.3) is 0 Å². The number of rotatable bonds is 2. The number of aromatic nitrogens is 1. The molecule has 0 saturated heterocycles. The van der Waals surface area contributed by atoms with Gasteiger partial charge in [-0.15, -0.1) is 11.3 Å². The number of sulfonamides is 1. The minimum Gasteiger partial charge on any atom is -0.351 e. The summed E-state index contributed by atoms with van der Waals surface area (Å²) < 4.78 is 62.8. The molecule has 2 aromatic heterocycles. The molecule has 18 heavy (non-hydrogen) atoms. The summed E-state index contributed by atoms with van der Waals surface area (Å²) in [6.45, 7) is 0. The lowest BCUT2D eigenvalue weighted by atomic mass is 10.3. The highest BCUT2D eigenvalue weighted by Crippen LogP contribution is 2.34. The summed E-state index contributed by atoms with van der Waals surface area (Å²) >= 11 is 0.714. The molecule has 0 saturated carbocycles. The molecule has 2 N–H and O–H groups in total. The minimum atomic E-state index is -4.63. The number of halogens is 3. The maximum atomic E-state index is 12.3. The molecule has 2 rings (SSSR count). The van der Waals surface area contributed by atoms with Gasteiger partial charge in [0.05, 0.1) is 4.88 Å². The van der Waals surface area contributed by atoms with E-state index in [2.05, 4.69) is 9.68 Å². The zero-order valence-corrected chi connectivity index (χ0v) is 10.1. The fraction of sp³-hybridized carbons (Fsp3) is 0.125. The van der Waals surface area contributed by atoms with E-state index in [4.69, 9.17) is 5.14 Å². The fourth-order valence-corrected chi connectivity index (χ4v) is 2.82. The largest absolute Gasteiger partial charge is 0.452 e. The van der Waals surface area contributed by atoms with Crippen LogP contribution in [0.3, 0.4) is 0 Å². The van der Waals surface area contributed by atoms with Crippen LogP contribution in [0.15, 0.2) is 26.9 Å². The van der Waals surface area contributed by atoms with Crippen molar-refractivity contribution in [2.45, 2.75) is 10.4 Å². The molecule has 5 nitrogen and oxygen atoms in total. The first-order valence-electron chi connectivity index (χ1n) is 4.35. The fourth-order valence-electron chi connectivity index (χ4n) is 1.14. The molecule has 0 amide bonds. The van der Waals surface area contributed by atoms with Crippen LogP contribution >= 0.6 is 11.3 Å². The van der Waals surface area contributed by atoms with E-state index >= 15 is 0 Å². The van der Waals surface area contributed by atoms with Crippen LogP contribution in [0.1, 0.15) is 5.76 Å². The van der Waals surface area contributed by atoms with Crippen LogP contribution in [0.5, 0.6) is 0 Å². The Balaban J connectivity index is 2.39. The molecule has 0 aromatic carbocycles. The van der Waals surface area contributed by atoms with Gasteiger partial charge in [-0.1, -0.05) is 5.16 Å². The molecule has 0 spiro atoms. The summed E-state index contributed by atoms with van der Waals surface area (Å²) in [5.74, 6) is -1.25. The third kappa shape index (κ3) is 2.54. The van der Waals surface area contributed by atoms with Gasteiger partial charge in [0.15, 0.2) is 0 Å². The lowest BCUT2D eigenvalue weighted by Gasteiger charge is -1.97. The molecule has 0 aliphatic rings. The number of nitrogens with zero attached hydrogens (tertiary/aromatic N) is 1. The Morgan fingerprint density at radius 1 is 1.33 bits per heavy atom.